The number of amides is 3. The summed E-state index contributed by atoms with van der Waals surface area (Å²) in [7, 11) is 0. The zero-order chi connectivity index (χ0) is 24.4. The summed E-state index contributed by atoms with van der Waals surface area (Å²) in [5, 5.41) is 6.01. The lowest BCUT2D eigenvalue weighted by molar-refractivity contribution is -0.120. The average Bonchev–Trinajstić information content (AvgIpc) is 3.03. The Bertz CT molecular complexity index is 1340. The Kier molecular flexibility index (Phi) is 6.93. The van der Waals surface area contributed by atoms with Gasteiger partial charge < -0.3 is 10.6 Å². The van der Waals surface area contributed by atoms with E-state index in [1.807, 2.05) is 31.2 Å². The largest absolute Gasteiger partial charge is 0.350 e. The van der Waals surface area contributed by atoms with Crippen molar-refractivity contribution in [3.63, 3.8) is 0 Å². The molecule has 0 atom stereocenters. The van der Waals surface area contributed by atoms with Crippen molar-refractivity contribution in [2.75, 3.05) is 15.5 Å². The zero-order valence-electron chi connectivity index (χ0n) is 17.9. The Hall–Kier alpha value is -3.32. The van der Waals surface area contributed by atoms with E-state index in [0.29, 0.717) is 16.3 Å². The van der Waals surface area contributed by atoms with E-state index in [1.165, 1.54) is 18.2 Å². The fraction of sp³-hybridized carbons (Fsp3) is 0.0800. The normalized spacial score (nSPS) is 13.5. The van der Waals surface area contributed by atoms with Gasteiger partial charge in [0, 0.05) is 22.0 Å². The van der Waals surface area contributed by atoms with Crippen LogP contribution in [0.25, 0.3) is 0 Å². The van der Waals surface area contributed by atoms with Gasteiger partial charge in [-0.1, -0.05) is 59.9 Å². The zero-order valence-corrected chi connectivity index (χ0v) is 20.1. The highest BCUT2D eigenvalue weighted by Gasteiger charge is 2.39. The predicted octanol–water partition coefficient (Wildman–Crippen LogP) is 6.24. The molecule has 0 fully saturated rings. The molecule has 172 valence electrons. The van der Waals surface area contributed by atoms with Gasteiger partial charge in [0.15, 0.2) is 0 Å². The molecule has 0 aromatic heterocycles. The van der Waals surface area contributed by atoms with Crippen molar-refractivity contribution < 1.29 is 14.4 Å². The lowest BCUT2D eigenvalue weighted by Gasteiger charge is -2.16. The van der Waals surface area contributed by atoms with Gasteiger partial charge in [-0.2, -0.15) is 0 Å². The van der Waals surface area contributed by atoms with E-state index in [4.69, 9.17) is 34.8 Å². The lowest BCUT2D eigenvalue weighted by Crippen LogP contribution is -2.32. The molecule has 0 unspecified atom stereocenters. The first-order chi connectivity index (χ1) is 16.3. The second-order valence-electron chi connectivity index (χ2n) is 7.40. The monoisotopic (exact) mass is 513 g/mol. The van der Waals surface area contributed by atoms with Crippen LogP contribution >= 0.6 is 34.8 Å². The molecule has 3 amide bonds. The summed E-state index contributed by atoms with van der Waals surface area (Å²) >= 11 is 18.2. The van der Waals surface area contributed by atoms with Crippen LogP contribution < -0.4 is 15.5 Å². The smallest absolute Gasteiger partial charge is 0.283 e. The summed E-state index contributed by atoms with van der Waals surface area (Å²) in [5.74, 6) is -1.62. The number of benzene rings is 3. The van der Waals surface area contributed by atoms with Crippen molar-refractivity contribution >= 4 is 69.6 Å². The number of nitrogens with zero attached hydrogens (tertiary/aromatic N) is 1. The van der Waals surface area contributed by atoms with Crippen LogP contribution in [0, 0.1) is 0 Å². The van der Waals surface area contributed by atoms with Crippen LogP contribution in [0.5, 0.6) is 0 Å². The summed E-state index contributed by atoms with van der Waals surface area (Å²) in [6, 6.07) is 18.5. The average molecular weight is 515 g/mol. The maximum absolute atomic E-state index is 13.0. The minimum Gasteiger partial charge on any atom is -0.350 e. The molecule has 1 aliphatic heterocycles. The molecule has 2 N–H and O–H groups in total. The molecule has 4 rings (SSSR count). The van der Waals surface area contributed by atoms with E-state index in [0.717, 1.165) is 22.6 Å². The summed E-state index contributed by atoms with van der Waals surface area (Å²) in [6.45, 7) is 2.02. The summed E-state index contributed by atoms with van der Waals surface area (Å²) in [5.41, 5.74) is 2.78. The Labute approximate surface area is 211 Å². The fourth-order valence-electron chi connectivity index (χ4n) is 3.49. The summed E-state index contributed by atoms with van der Waals surface area (Å²) in [6.07, 6.45) is 0.792. The van der Waals surface area contributed by atoms with Crippen LogP contribution in [0.4, 0.5) is 17.1 Å². The Morgan fingerprint density at radius 3 is 2.29 bits per heavy atom. The molecular weight excluding hydrogens is 497 g/mol. The van der Waals surface area contributed by atoms with Gasteiger partial charge in [0.2, 0.25) is 0 Å². The fourth-order valence-corrected chi connectivity index (χ4v) is 4.19. The molecule has 3 aromatic rings. The molecule has 0 saturated heterocycles. The second kappa shape index (κ2) is 9.89. The van der Waals surface area contributed by atoms with Crippen molar-refractivity contribution in [2.45, 2.75) is 13.3 Å². The highest BCUT2D eigenvalue weighted by Crippen LogP contribution is 2.35. The molecular formula is C25H18Cl3N3O3. The van der Waals surface area contributed by atoms with Gasteiger partial charge in [0.25, 0.3) is 17.7 Å². The molecule has 0 radical (unpaired) electrons. The van der Waals surface area contributed by atoms with Crippen LogP contribution in [0.3, 0.4) is 0 Å². The molecule has 0 aliphatic carbocycles. The highest BCUT2D eigenvalue weighted by atomic mass is 35.5. The van der Waals surface area contributed by atoms with Crippen LogP contribution in [0.2, 0.25) is 10.0 Å². The van der Waals surface area contributed by atoms with E-state index in [-0.39, 0.29) is 27.3 Å². The third-order valence-corrected chi connectivity index (χ3v) is 6.13. The van der Waals surface area contributed by atoms with Gasteiger partial charge in [-0.15, -0.1) is 0 Å². The van der Waals surface area contributed by atoms with Crippen LogP contribution in [0.1, 0.15) is 22.8 Å². The number of hydrogen-bond acceptors (Lipinski definition) is 4. The summed E-state index contributed by atoms with van der Waals surface area (Å²) < 4.78 is 0. The second-order valence-corrected chi connectivity index (χ2v) is 8.62. The molecule has 1 aliphatic rings. The number of anilines is 3. The van der Waals surface area contributed by atoms with Gasteiger partial charge in [-0.25, -0.2) is 4.90 Å². The van der Waals surface area contributed by atoms with Crippen molar-refractivity contribution in [1.82, 2.24) is 0 Å². The third kappa shape index (κ3) is 4.66. The van der Waals surface area contributed by atoms with Gasteiger partial charge in [0.1, 0.15) is 10.7 Å². The van der Waals surface area contributed by atoms with E-state index < -0.39 is 11.8 Å². The number of nitrogens with one attached hydrogen (secondary N) is 2. The molecule has 1 heterocycles. The number of aryl methyl sites for hydroxylation is 1. The SMILES string of the molecule is CCc1ccccc1NC(=O)c1ccc(NC2=C(Cl)C(=O)N(c3ccc(Cl)cc3Cl)C2=O)cc1. The minimum absolute atomic E-state index is 0.0910. The van der Waals surface area contributed by atoms with Crippen LogP contribution in [-0.2, 0) is 16.0 Å². The van der Waals surface area contributed by atoms with E-state index in [9.17, 15) is 14.4 Å². The number of para-hydroxylation sites is 1. The Morgan fingerprint density at radius 1 is 0.912 bits per heavy atom. The van der Waals surface area contributed by atoms with Gasteiger partial charge >= 0.3 is 0 Å². The van der Waals surface area contributed by atoms with Gasteiger partial charge in [-0.3, -0.25) is 14.4 Å². The summed E-state index contributed by atoms with van der Waals surface area (Å²) in [4.78, 5) is 39.1. The molecule has 9 heteroatoms. The quantitative estimate of drug-likeness (QED) is 0.382. The van der Waals surface area contributed by atoms with Crippen LogP contribution in [0.15, 0.2) is 77.5 Å². The number of imide groups is 1. The Morgan fingerprint density at radius 2 is 1.62 bits per heavy atom. The molecule has 0 spiro atoms. The van der Waals surface area contributed by atoms with Gasteiger partial charge in [0.05, 0.1) is 10.7 Å². The standard InChI is InChI=1S/C25H18Cl3N3O3/c1-2-14-5-3-4-6-19(14)30-23(32)15-7-10-17(11-8-15)29-22-21(28)24(33)31(25(22)34)20-12-9-16(26)13-18(20)27/h3-13,29H,2H2,1H3,(H,30,32). The molecule has 34 heavy (non-hydrogen) atoms. The van der Waals surface area contributed by atoms with Crippen molar-refractivity contribution in [1.29, 1.82) is 0 Å². The topological polar surface area (TPSA) is 78.5 Å². The maximum Gasteiger partial charge on any atom is 0.283 e. The molecule has 0 saturated carbocycles. The molecule has 6 nitrogen and oxygen atoms in total. The number of hydrogen-bond donors (Lipinski definition) is 2. The molecule has 0 bridgehead atoms. The first kappa shape index (κ1) is 23.8. The minimum atomic E-state index is -0.705. The number of carbonyl (C=O) groups excluding carboxylic acids is 3. The number of carbonyl (C=O) groups is 3. The van der Waals surface area contributed by atoms with Crippen molar-refractivity contribution in [2.24, 2.45) is 0 Å². The van der Waals surface area contributed by atoms with Crippen LogP contribution in [-0.4, -0.2) is 17.7 Å². The Balaban J connectivity index is 1.50. The predicted molar refractivity (Wildman–Crippen MR) is 136 cm³/mol. The van der Waals surface area contributed by atoms with Gasteiger partial charge in [-0.05, 0) is 60.5 Å². The lowest BCUT2D eigenvalue weighted by atomic mass is 10.1. The van der Waals surface area contributed by atoms with E-state index >= 15 is 0 Å². The first-order valence-corrected chi connectivity index (χ1v) is 11.4. The molecule has 3 aromatic carbocycles. The maximum atomic E-state index is 13.0. The van der Waals surface area contributed by atoms with E-state index in [1.54, 1.807) is 24.3 Å². The number of rotatable bonds is 6. The number of halogens is 3. The third-order valence-electron chi connectivity index (χ3n) is 5.24. The van der Waals surface area contributed by atoms with Crippen molar-refractivity contribution in [3.05, 3.63) is 98.6 Å². The first-order valence-electron chi connectivity index (χ1n) is 10.3. The highest BCUT2D eigenvalue weighted by molar-refractivity contribution is 6.54. The van der Waals surface area contributed by atoms with E-state index in [2.05, 4.69) is 10.6 Å². The van der Waals surface area contributed by atoms with Crippen molar-refractivity contribution in [3.8, 4) is 0 Å².